The van der Waals surface area contributed by atoms with Crippen LogP contribution in [0.4, 0.5) is 4.79 Å². The van der Waals surface area contributed by atoms with Crippen molar-refractivity contribution in [3.05, 3.63) is 66.8 Å². The lowest BCUT2D eigenvalue weighted by molar-refractivity contribution is -0.152. The van der Waals surface area contributed by atoms with E-state index in [1.165, 1.54) is 12.0 Å². The van der Waals surface area contributed by atoms with E-state index in [9.17, 15) is 14.4 Å². The fraction of sp³-hybridized carbons (Fsp3) is 0.469. The van der Waals surface area contributed by atoms with Gasteiger partial charge in [-0.3, -0.25) is 4.79 Å². The number of nitrogens with zero attached hydrogens (tertiary/aromatic N) is 1. The predicted molar refractivity (Wildman–Crippen MR) is 157 cm³/mol. The summed E-state index contributed by atoms with van der Waals surface area (Å²) in [5.41, 5.74) is 0.0994. The van der Waals surface area contributed by atoms with Crippen LogP contribution in [0.1, 0.15) is 57.6 Å². The van der Waals surface area contributed by atoms with Crippen molar-refractivity contribution in [3.8, 4) is 0 Å². The molecular weight excluding hydrogens is 508 g/mol. The molecule has 1 heterocycles. The number of likely N-dealkylation sites (tertiary alicyclic amines) is 1. The topological polar surface area (TPSA) is 94.2 Å². The van der Waals surface area contributed by atoms with Crippen LogP contribution in [0.5, 0.6) is 0 Å². The van der Waals surface area contributed by atoms with E-state index in [-0.39, 0.29) is 19.6 Å². The second-order valence-corrected chi connectivity index (χ2v) is 11.3. The molecule has 0 radical (unpaired) electrons. The lowest BCUT2D eigenvalue weighted by Gasteiger charge is -2.35. The summed E-state index contributed by atoms with van der Waals surface area (Å²) in [4.78, 5) is 41.3. The van der Waals surface area contributed by atoms with E-state index in [4.69, 9.17) is 14.2 Å². The predicted octanol–water partition coefficient (Wildman–Crippen LogP) is 5.60. The zero-order valence-corrected chi connectivity index (χ0v) is 24.3. The highest BCUT2D eigenvalue weighted by atomic mass is 16.5. The fourth-order valence-corrected chi connectivity index (χ4v) is 5.23. The van der Waals surface area contributed by atoms with Crippen LogP contribution in [0.2, 0.25) is 0 Å². The second-order valence-electron chi connectivity index (χ2n) is 11.3. The highest BCUT2D eigenvalue weighted by molar-refractivity contribution is 5.93. The Morgan fingerprint density at radius 2 is 1.88 bits per heavy atom. The first-order chi connectivity index (χ1) is 19.0. The van der Waals surface area contributed by atoms with Crippen molar-refractivity contribution in [2.24, 2.45) is 5.41 Å². The van der Waals surface area contributed by atoms with Crippen LogP contribution in [-0.2, 0) is 29.4 Å². The van der Waals surface area contributed by atoms with Gasteiger partial charge in [-0.2, -0.15) is 0 Å². The maximum absolute atomic E-state index is 14.1. The Kier molecular flexibility index (Phi) is 10.1. The van der Waals surface area contributed by atoms with Crippen LogP contribution in [0.25, 0.3) is 16.8 Å². The summed E-state index contributed by atoms with van der Waals surface area (Å²) in [7, 11) is 2.88. The molecule has 0 spiro atoms. The summed E-state index contributed by atoms with van der Waals surface area (Å²) >= 11 is 0. The third-order valence-electron chi connectivity index (χ3n) is 7.52. The van der Waals surface area contributed by atoms with Gasteiger partial charge < -0.3 is 24.4 Å². The summed E-state index contributed by atoms with van der Waals surface area (Å²) in [6.45, 7) is 13.6. The Bertz CT molecular complexity index is 1250. The molecule has 1 N–H and O–H groups in total. The number of benzene rings is 2. The van der Waals surface area contributed by atoms with Crippen LogP contribution in [0.15, 0.2) is 55.6 Å². The van der Waals surface area contributed by atoms with Gasteiger partial charge in [-0.25, -0.2) is 9.59 Å². The van der Waals surface area contributed by atoms with Gasteiger partial charge in [0.05, 0.1) is 20.3 Å². The van der Waals surface area contributed by atoms with Gasteiger partial charge >= 0.3 is 12.1 Å². The first-order valence-electron chi connectivity index (χ1n) is 13.6. The number of alkyl carbamates (subject to hydrolysis) is 1. The first-order valence-corrected chi connectivity index (χ1v) is 13.6. The van der Waals surface area contributed by atoms with Crippen molar-refractivity contribution >= 4 is 34.8 Å². The van der Waals surface area contributed by atoms with Crippen molar-refractivity contribution in [1.29, 1.82) is 0 Å². The van der Waals surface area contributed by atoms with Gasteiger partial charge in [0, 0.05) is 13.5 Å². The number of ether oxygens (including phenoxy) is 3. The number of amides is 2. The Hall–Kier alpha value is -3.65. The van der Waals surface area contributed by atoms with Gasteiger partial charge in [0.2, 0.25) is 5.91 Å². The van der Waals surface area contributed by atoms with Crippen LogP contribution >= 0.6 is 0 Å². The van der Waals surface area contributed by atoms with E-state index >= 15 is 0 Å². The molecule has 0 aromatic heterocycles. The summed E-state index contributed by atoms with van der Waals surface area (Å²) in [5.74, 6) is -0.954. The molecule has 40 heavy (non-hydrogen) atoms. The monoisotopic (exact) mass is 550 g/mol. The molecule has 1 fully saturated rings. The number of esters is 1. The molecule has 3 rings (SSSR count). The van der Waals surface area contributed by atoms with Crippen molar-refractivity contribution in [2.75, 3.05) is 27.4 Å². The number of hydrogen-bond donors (Lipinski definition) is 1. The van der Waals surface area contributed by atoms with Crippen molar-refractivity contribution in [1.82, 2.24) is 10.2 Å². The van der Waals surface area contributed by atoms with E-state index in [1.54, 1.807) is 13.2 Å². The number of hydrogen-bond acceptors (Lipinski definition) is 6. The van der Waals surface area contributed by atoms with E-state index in [1.807, 2.05) is 63.2 Å². The zero-order valence-electron chi connectivity index (χ0n) is 24.3. The number of methoxy groups -OCH3 is 2. The average Bonchev–Trinajstić information content (AvgIpc) is 3.35. The third-order valence-corrected chi connectivity index (χ3v) is 7.52. The Balaban J connectivity index is 1.95. The molecule has 8 nitrogen and oxygen atoms in total. The Labute approximate surface area is 237 Å². The van der Waals surface area contributed by atoms with Gasteiger partial charge in [-0.1, -0.05) is 63.8 Å². The largest absolute Gasteiger partial charge is 0.467 e. The van der Waals surface area contributed by atoms with E-state index < -0.39 is 41.1 Å². The minimum atomic E-state index is -0.982. The highest BCUT2D eigenvalue weighted by Gasteiger charge is 2.53. The number of nitrogens with one attached hydrogen (secondary N) is 1. The van der Waals surface area contributed by atoms with Crippen molar-refractivity contribution in [2.45, 2.75) is 64.1 Å². The van der Waals surface area contributed by atoms with E-state index in [0.717, 1.165) is 34.7 Å². The number of rotatable bonds is 11. The quantitative estimate of drug-likeness (QED) is 0.223. The van der Waals surface area contributed by atoms with Crippen LogP contribution in [0.3, 0.4) is 0 Å². The van der Waals surface area contributed by atoms with Crippen molar-refractivity contribution < 1.29 is 28.6 Å². The molecule has 216 valence electrons. The molecule has 2 aromatic carbocycles. The van der Waals surface area contributed by atoms with E-state index in [0.29, 0.717) is 6.42 Å². The maximum Gasteiger partial charge on any atom is 0.407 e. The van der Waals surface area contributed by atoms with E-state index in [2.05, 4.69) is 18.5 Å². The Morgan fingerprint density at radius 3 is 2.50 bits per heavy atom. The number of allylic oxidation sites excluding steroid dienone is 1. The maximum atomic E-state index is 14.1. The molecular formula is C32H42N2O6. The number of fused-ring (bicyclic) bond motifs is 1. The molecule has 1 unspecified atom stereocenters. The molecule has 1 saturated heterocycles. The number of carbonyl (C=O) groups excluding carboxylic acids is 3. The molecule has 0 aliphatic carbocycles. The molecule has 0 saturated carbocycles. The van der Waals surface area contributed by atoms with Crippen LogP contribution in [-0.4, -0.2) is 62.3 Å². The number of unbranched alkanes of at least 4 members (excludes halogenated alkanes) is 2. The molecule has 2 aromatic rings. The molecule has 8 heteroatoms. The summed E-state index contributed by atoms with van der Waals surface area (Å²) in [6, 6.07) is 10.1. The normalized spacial score (nSPS) is 19.6. The lowest BCUT2D eigenvalue weighted by atomic mass is 9.85. The molecule has 0 bridgehead atoms. The van der Waals surface area contributed by atoms with Gasteiger partial charge in [-0.15, -0.1) is 6.58 Å². The molecule has 1 aliphatic rings. The van der Waals surface area contributed by atoms with Crippen molar-refractivity contribution in [3.63, 3.8) is 0 Å². The standard InChI is InChI=1S/C32H42N2O6/c1-8-10-11-14-17-40-30(37)33-27(31(3,4)5)28(35)34-21-32(39-7,20-26(34)29(36)38-6)24-18-22(9-2)25-16-13-12-15-23(25)19-24/h8-9,12-13,15-16,18-19,26-27H,1-2,10-11,14,17,20-21H2,3-7H3,(H,33,37)/t26-,27?,32-/m0/s1. The number of carbonyl (C=O) groups is 3. The third kappa shape index (κ3) is 6.73. The van der Waals surface area contributed by atoms with Gasteiger partial charge in [0.1, 0.15) is 17.7 Å². The fourth-order valence-electron chi connectivity index (χ4n) is 5.23. The molecule has 1 aliphatic heterocycles. The summed E-state index contributed by atoms with van der Waals surface area (Å²) in [6.07, 6.45) is 5.51. The SMILES string of the molecule is C=CCCCCOC(=O)NC(C(=O)N1C[C@](OC)(c2cc(C=C)c3ccccc3c2)C[C@H]1C(=O)OC)C(C)(C)C. The minimum absolute atomic E-state index is 0.0991. The summed E-state index contributed by atoms with van der Waals surface area (Å²) < 4.78 is 16.6. The molecule has 2 amide bonds. The van der Waals surface area contributed by atoms with Crippen LogP contribution in [0, 0.1) is 5.41 Å². The molecule has 3 atom stereocenters. The average molecular weight is 551 g/mol. The Morgan fingerprint density at radius 1 is 1.15 bits per heavy atom. The highest BCUT2D eigenvalue weighted by Crippen LogP contribution is 2.42. The lowest BCUT2D eigenvalue weighted by Crippen LogP contribution is -2.57. The van der Waals surface area contributed by atoms with Gasteiger partial charge in [0.25, 0.3) is 0 Å². The zero-order chi connectivity index (χ0) is 29.5. The minimum Gasteiger partial charge on any atom is -0.467 e. The smallest absolute Gasteiger partial charge is 0.407 e. The van der Waals surface area contributed by atoms with Gasteiger partial charge in [0.15, 0.2) is 0 Å². The van der Waals surface area contributed by atoms with Gasteiger partial charge in [-0.05, 0) is 58.7 Å². The second kappa shape index (κ2) is 13.1. The first kappa shape index (κ1) is 30.9. The summed E-state index contributed by atoms with van der Waals surface area (Å²) in [5, 5.41) is 4.79. The van der Waals surface area contributed by atoms with Crippen LogP contribution < -0.4 is 5.32 Å².